The second kappa shape index (κ2) is 5.49. The monoisotopic (exact) mass is 388 g/mol. The van der Waals surface area contributed by atoms with Crippen LogP contribution in [0.4, 0.5) is 0 Å². The van der Waals surface area contributed by atoms with Crippen molar-refractivity contribution in [2.75, 3.05) is 7.05 Å². The zero-order valence-electron chi connectivity index (χ0n) is 11.5. The van der Waals surface area contributed by atoms with Gasteiger partial charge in [-0.1, -0.05) is 59.0 Å². The maximum Gasteiger partial charge on any atom is 0.153 e. The van der Waals surface area contributed by atoms with E-state index in [-0.39, 0.29) is 9.71 Å². The van der Waals surface area contributed by atoms with E-state index in [1.54, 1.807) is 0 Å². The van der Waals surface area contributed by atoms with Crippen LogP contribution >= 0.6 is 22.6 Å². The zero-order chi connectivity index (χ0) is 15.0. The molecule has 1 aromatic carbocycles. The largest absolute Gasteiger partial charge is 0.342 e. The van der Waals surface area contributed by atoms with Gasteiger partial charge in [-0.2, -0.15) is 5.26 Å². The molecule has 1 aliphatic carbocycles. The predicted molar refractivity (Wildman–Crippen MR) is 90.3 cm³/mol. The van der Waals surface area contributed by atoms with Crippen molar-refractivity contribution in [3.05, 3.63) is 65.0 Å². The van der Waals surface area contributed by atoms with Gasteiger partial charge in [-0.3, -0.25) is 4.79 Å². The molecule has 0 bridgehead atoms. The molecule has 104 valence electrons. The fourth-order valence-electron chi connectivity index (χ4n) is 2.72. The average molecular weight is 388 g/mol. The lowest BCUT2D eigenvalue weighted by molar-refractivity contribution is -0.117. The van der Waals surface area contributed by atoms with Crippen LogP contribution in [0.15, 0.2) is 59.5 Å². The molecule has 1 aliphatic heterocycles. The third kappa shape index (κ3) is 2.42. The molecule has 2 aliphatic rings. The number of rotatable bonds is 1. The summed E-state index contributed by atoms with van der Waals surface area (Å²) < 4.78 is -0.128. The summed E-state index contributed by atoms with van der Waals surface area (Å²) in [6.45, 7) is 0. The van der Waals surface area contributed by atoms with E-state index in [1.807, 2.05) is 54.6 Å². The molecule has 4 heteroatoms. The molecule has 0 radical (unpaired) electrons. The van der Waals surface area contributed by atoms with Gasteiger partial charge in [-0.05, 0) is 16.7 Å². The van der Waals surface area contributed by atoms with Crippen molar-refractivity contribution >= 4 is 33.9 Å². The Morgan fingerprint density at radius 2 is 2.05 bits per heavy atom. The Morgan fingerprint density at radius 3 is 2.71 bits per heavy atom. The standard InChI is InChI=1S/C17H13IN2O/c1-20-10-12-7-16(21)14(18)8-13(12)17(15(20)9-19)11-5-3-2-4-6-11/h2-6,8,10,14H,7H2,1H3. The molecule has 0 saturated heterocycles. The second-order valence-corrected chi connectivity index (χ2v) is 6.43. The van der Waals surface area contributed by atoms with Gasteiger partial charge in [0.2, 0.25) is 0 Å². The van der Waals surface area contributed by atoms with Crippen LogP contribution in [-0.4, -0.2) is 21.7 Å². The lowest BCUT2D eigenvalue weighted by atomic mass is 9.82. The summed E-state index contributed by atoms with van der Waals surface area (Å²) in [6, 6.07) is 12.2. The summed E-state index contributed by atoms with van der Waals surface area (Å²) in [7, 11) is 1.85. The Kier molecular flexibility index (Phi) is 3.68. The first kappa shape index (κ1) is 14.1. The minimum absolute atomic E-state index is 0.128. The summed E-state index contributed by atoms with van der Waals surface area (Å²) in [5.74, 6) is 0.215. The number of allylic oxidation sites excluding steroid dienone is 5. The number of nitrogens with zero attached hydrogens (tertiary/aromatic N) is 2. The molecular weight excluding hydrogens is 375 g/mol. The topological polar surface area (TPSA) is 44.1 Å². The molecule has 1 atom stereocenters. The SMILES string of the molecule is CN1C=C2CC(=O)C(I)C=C2C(c2ccccc2)=C1C#N. The number of hydrogen-bond donors (Lipinski definition) is 0. The maximum atomic E-state index is 12.0. The fourth-order valence-corrected chi connectivity index (χ4v) is 3.30. The number of fused-ring (bicyclic) bond motifs is 1. The number of carbonyl (C=O) groups is 1. The van der Waals surface area contributed by atoms with Crippen molar-refractivity contribution in [2.24, 2.45) is 0 Å². The third-order valence-corrected chi connectivity index (χ3v) is 4.76. The highest BCUT2D eigenvalue weighted by atomic mass is 127. The van der Waals surface area contributed by atoms with Crippen LogP contribution in [0.1, 0.15) is 12.0 Å². The van der Waals surface area contributed by atoms with Crippen LogP contribution in [-0.2, 0) is 4.79 Å². The van der Waals surface area contributed by atoms with Crippen molar-refractivity contribution in [3.8, 4) is 6.07 Å². The zero-order valence-corrected chi connectivity index (χ0v) is 13.7. The number of benzene rings is 1. The lowest BCUT2D eigenvalue weighted by Gasteiger charge is -2.30. The van der Waals surface area contributed by atoms with Crippen LogP contribution in [0, 0.1) is 11.3 Å². The van der Waals surface area contributed by atoms with E-state index in [0.717, 1.165) is 22.3 Å². The maximum absolute atomic E-state index is 12.0. The van der Waals surface area contributed by atoms with Gasteiger partial charge in [0.1, 0.15) is 11.8 Å². The third-order valence-electron chi connectivity index (χ3n) is 3.71. The first-order valence-electron chi connectivity index (χ1n) is 6.64. The molecule has 0 fully saturated rings. The number of carbonyl (C=O) groups excluding carboxylic acids is 1. The number of Topliss-reactive ketones (excluding diaryl/α,β-unsaturated/α-hetero) is 1. The summed E-state index contributed by atoms with van der Waals surface area (Å²) in [5.41, 5.74) is 4.57. The molecule has 1 aromatic rings. The van der Waals surface area contributed by atoms with Crippen molar-refractivity contribution in [1.29, 1.82) is 5.26 Å². The first-order valence-corrected chi connectivity index (χ1v) is 7.89. The predicted octanol–water partition coefficient (Wildman–Crippen LogP) is 3.45. The van der Waals surface area contributed by atoms with E-state index in [2.05, 4.69) is 28.7 Å². The summed E-state index contributed by atoms with van der Waals surface area (Å²) in [4.78, 5) is 13.8. The van der Waals surface area contributed by atoms with Crippen molar-refractivity contribution in [3.63, 3.8) is 0 Å². The molecule has 0 amide bonds. The molecular formula is C17H13IN2O. The smallest absolute Gasteiger partial charge is 0.153 e. The molecule has 1 heterocycles. The average Bonchev–Trinajstić information content (AvgIpc) is 2.49. The quantitative estimate of drug-likeness (QED) is 0.547. The number of ketones is 1. The summed E-state index contributed by atoms with van der Waals surface area (Å²) in [5, 5.41) is 9.53. The second-order valence-electron chi connectivity index (χ2n) is 5.09. The Hall–Kier alpha value is -1.87. The molecule has 0 N–H and O–H groups in total. The van der Waals surface area contributed by atoms with Gasteiger partial charge in [-0.15, -0.1) is 0 Å². The molecule has 3 rings (SSSR count). The molecule has 1 unspecified atom stereocenters. The van der Waals surface area contributed by atoms with Gasteiger partial charge < -0.3 is 4.90 Å². The van der Waals surface area contributed by atoms with Crippen LogP contribution in [0.25, 0.3) is 5.57 Å². The number of hydrogen-bond acceptors (Lipinski definition) is 3. The molecule has 21 heavy (non-hydrogen) atoms. The van der Waals surface area contributed by atoms with Crippen molar-refractivity contribution < 1.29 is 4.79 Å². The van der Waals surface area contributed by atoms with Gasteiger partial charge in [0.25, 0.3) is 0 Å². The van der Waals surface area contributed by atoms with E-state index in [4.69, 9.17) is 0 Å². The highest BCUT2D eigenvalue weighted by Crippen LogP contribution is 2.41. The van der Waals surface area contributed by atoms with Gasteiger partial charge in [-0.25, -0.2) is 0 Å². The minimum atomic E-state index is -0.128. The number of nitriles is 1. The Labute approximate surface area is 137 Å². The van der Waals surface area contributed by atoms with E-state index in [9.17, 15) is 10.1 Å². The number of alkyl halides is 1. The summed E-state index contributed by atoms with van der Waals surface area (Å²) >= 11 is 2.15. The normalized spacial score (nSPS) is 21.5. The Morgan fingerprint density at radius 1 is 1.33 bits per heavy atom. The van der Waals surface area contributed by atoms with Crippen LogP contribution in [0.3, 0.4) is 0 Å². The highest BCUT2D eigenvalue weighted by molar-refractivity contribution is 14.1. The lowest BCUT2D eigenvalue weighted by Crippen LogP contribution is -2.25. The van der Waals surface area contributed by atoms with E-state index < -0.39 is 0 Å². The van der Waals surface area contributed by atoms with Crippen LogP contribution in [0.5, 0.6) is 0 Å². The van der Waals surface area contributed by atoms with E-state index in [0.29, 0.717) is 12.1 Å². The Bertz CT molecular complexity index is 738. The fraction of sp³-hybridized carbons (Fsp3) is 0.176. The Balaban J connectivity index is 2.24. The number of halogens is 1. The van der Waals surface area contributed by atoms with Crippen LogP contribution in [0.2, 0.25) is 0 Å². The highest BCUT2D eigenvalue weighted by Gasteiger charge is 2.31. The van der Waals surface area contributed by atoms with Crippen LogP contribution < -0.4 is 0 Å². The van der Waals surface area contributed by atoms with Gasteiger partial charge >= 0.3 is 0 Å². The van der Waals surface area contributed by atoms with Gasteiger partial charge in [0, 0.05) is 25.2 Å². The van der Waals surface area contributed by atoms with Gasteiger partial charge in [0.05, 0.1) is 3.92 Å². The minimum Gasteiger partial charge on any atom is -0.342 e. The molecule has 0 aromatic heterocycles. The van der Waals surface area contributed by atoms with Gasteiger partial charge in [0.15, 0.2) is 5.78 Å². The summed E-state index contributed by atoms with van der Waals surface area (Å²) in [6.07, 6.45) is 4.31. The molecule has 3 nitrogen and oxygen atoms in total. The molecule has 0 saturated carbocycles. The van der Waals surface area contributed by atoms with E-state index >= 15 is 0 Å². The van der Waals surface area contributed by atoms with E-state index in [1.165, 1.54) is 0 Å². The van der Waals surface area contributed by atoms with Crippen molar-refractivity contribution in [1.82, 2.24) is 4.90 Å². The first-order chi connectivity index (χ1) is 10.1. The molecule has 0 spiro atoms. The van der Waals surface area contributed by atoms with Crippen molar-refractivity contribution in [2.45, 2.75) is 10.3 Å².